The van der Waals surface area contributed by atoms with Crippen LogP contribution in [0.2, 0.25) is 0 Å². The quantitative estimate of drug-likeness (QED) is 0.610. The second-order valence-electron chi connectivity index (χ2n) is 6.40. The third kappa shape index (κ3) is 3.40. The number of allylic oxidation sites excluding steroid dienone is 1. The lowest BCUT2D eigenvalue weighted by molar-refractivity contribution is -0.132. The Hall–Kier alpha value is -2.42. The van der Waals surface area contributed by atoms with Gasteiger partial charge in [0.15, 0.2) is 5.78 Å². The zero-order chi connectivity index (χ0) is 16.9. The van der Waals surface area contributed by atoms with Crippen molar-refractivity contribution in [1.29, 1.82) is 0 Å². The molecule has 124 valence electrons. The van der Waals surface area contributed by atoms with Crippen molar-refractivity contribution in [2.45, 2.75) is 25.7 Å². The molecule has 3 nitrogen and oxygen atoms in total. The van der Waals surface area contributed by atoms with Crippen LogP contribution in [-0.4, -0.2) is 29.7 Å². The molecule has 0 bridgehead atoms. The van der Waals surface area contributed by atoms with E-state index in [-0.39, 0.29) is 17.6 Å². The third-order valence-electron chi connectivity index (χ3n) is 4.76. The first-order valence-electron chi connectivity index (χ1n) is 8.61. The molecule has 0 N–H and O–H groups in total. The molecule has 1 aliphatic heterocycles. The molecule has 24 heavy (non-hydrogen) atoms. The molecule has 2 aromatic rings. The largest absolute Gasteiger partial charge is 0.342 e. The Morgan fingerprint density at radius 2 is 1.96 bits per heavy atom. The van der Waals surface area contributed by atoms with E-state index < -0.39 is 0 Å². The van der Waals surface area contributed by atoms with Crippen LogP contribution in [0.5, 0.6) is 0 Å². The zero-order valence-electron chi connectivity index (χ0n) is 13.9. The van der Waals surface area contributed by atoms with Crippen molar-refractivity contribution in [1.82, 2.24) is 4.90 Å². The molecule has 0 spiro atoms. The Bertz CT molecular complexity index is 760. The second-order valence-corrected chi connectivity index (χ2v) is 6.40. The van der Waals surface area contributed by atoms with Gasteiger partial charge in [0.2, 0.25) is 5.91 Å². The van der Waals surface area contributed by atoms with Gasteiger partial charge in [0.05, 0.1) is 0 Å². The Morgan fingerprint density at radius 1 is 1.17 bits per heavy atom. The minimum atomic E-state index is -0.0998. The van der Waals surface area contributed by atoms with E-state index in [1.165, 1.54) is 0 Å². The number of hydrogen-bond acceptors (Lipinski definition) is 2. The Morgan fingerprint density at radius 3 is 2.79 bits per heavy atom. The second kappa shape index (κ2) is 7.43. The number of likely N-dealkylation sites (tertiary alicyclic amines) is 1. The highest BCUT2D eigenvalue weighted by atomic mass is 16.2. The van der Waals surface area contributed by atoms with Gasteiger partial charge in [-0.25, -0.2) is 0 Å². The lowest BCUT2D eigenvalue weighted by Gasteiger charge is -2.32. The van der Waals surface area contributed by atoms with Crippen LogP contribution in [0.4, 0.5) is 0 Å². The van der Waals surface area contributed by atoms with Crippen molar-refractivity contribution in [3.8, 4) is 0 Å². The number of piperidine rings is 1. The summed E-state index contributed by atoms with van der Waals surface area (Å²) in [7, 11) is 0. The molecule has 1 heterocycles. The molecule has 0 unspecified atom stereocenters. The molecular formula is C21H23NO2. The molecule has 0 aromatic heterocycles. The summed E-state index contributed by atoms with van der Waals surface area (Å²) in [6.07, 6.45) is 4.69. The van der Waals surface area contributed by atoms with E-state index in [4.69, 9.17) is 0 Å². The normalized spacial score (nSPS) is 17.7. The predicted octanol–water partition coefficient (Wildman–Crippen LogP) is 4.23. The third-order valence-corrected chi connectivity index (χ3v) is 4.76. The maximum atomic E-state index is 13.0. The molecule has 0 aliphatic carbocycles. The van der Waals surface area contributed by atoms with Crippen LogP contribution >= 0.6 is 0 Å². The van der Waals surface area contributed by atoms with E-state index in [1.807, 2.05) is 47.4 Å². The van der Waals surface area contributed by atoms with Gasteiger partial charge in [0.1, 0.15) is 0 Å². The van der Waals surface area contributed by atoms with Gasteiger partial charge in [-0.3, -0.25) is 9.59 Å². The van der Waals surface area contributed by atoms with Crippen molar-refractivity contribution < 1.29 is 9.59 Å². The van der Waals surface area contributed by atoms with Crippen molar-refractivity contribution >= 4 is 22.5 Å². The van der Waals surface area contributed by atoms with Crippen molar-refractivity contribution in [3.63, 3.8) is 0 Å². The van der Waals surface area contributed by atoms with Gasteiger partial charge in [-0.15, -0.1) is 6.58 Å². The van der Waals surface area contributed by atoms with E-state index in [1.54, 1.807) is 6.08 Å². The Kier molecular flexibility index (Phi) is 5.09. The van der Waals surface area contributed by atoms with Gasteiger partial charge in [-0.1, -0.05) is 48.5 Å². The number of rotatable bonds is 5. The summed E-state index contributed by atoms with van der Waals surface area (Å²) in [5, 5.41) is 2.08. The standard InChI is InChI=1S/C21H23NO2/c1-2-3-13-20(23)22-14-7-10-17(15-22)21(24)19-12-6-9-16-8-4-5-11-18(16)19/h2,4-6,8-9,11-12,17H,1,3,7,10,13-15H2/t17-/m1/s1. The van der Waals surface area contributed by atoms with Gasteiger partial charge >= 0.3 is 0 Å². The maximum absolute atomic E-state index is 13.0. The first kappa shape index (κ1) is 16.4. The zero-order valence-corrected chi connectivity index (χ0v) is 13.9. The fourth-order valence-electron chi connectivity index (χ4n) is 3.46. The van der Waals surface area contributed by atoms with Crippen LogP contribution in [0.1, 0.15) is 36.0 Å². The van der Waals surface area contributed by atoms with Gasteiger partial charge < -0.3 is 4.90 Å². The van der Waals surface area contributed by atoms with E-state index >= 15 is 0 Å². The van der Waals surface area contributed by atoms with E-state index in [2.05, 4.69) is 6.58 Å². The number of hydrogen-bond donors (Lipinski definition) is 0. The first-order valence-corrected chi connectivity index (χ1v) is 8.61. The highest BCUT2D eigenvalue weighted by Crippen LogP contribution is 2.26. The molecule has 1 atom stereocenters. The average molecular weight is 321 g/mol. The molecule has 2 aromatic carbocycles. The lowest BCUT2D eigenvalue weighted by Crippen LogP contribution is -2.42. The lowest BCUT2D eigenvalue weighted by atomic mass is 9.88. The number of benzene rings is 2. The minimum Gasteiger partial charge on any atom is -0.342 e. The predicted molar refractivity (Wildman–Crippen MR) is 97.0 cm³/mol. The number of amides is 1. The number of carbonyl (C=O) groups excluding carboxylic acids is 2. The van der Waals surface area contributed by atoms with Crippen LogP contribution in [0.15, 0.2) is 55.1 Å². The highest BCUT2D eigenvalue weighted by Gasteiger charge is 2.29. The number of carbonyl (C=O) groups is 2. The van der Waals surface area contributed by atoms with Crippen LogP contribution in [-0.2, 0) is 4.79 Å². The number of fused-ring (bicyclic) bond motifs is 1. The molecule has 1 aliphatic rings. The summed E-state index contributed by atoms with van der Waals surface area (Å²) >= 11 is 0. The van der Waals surface area contributed by atoms with Crippen molar-refractivity contribution in [3.05, 3.63) is 60.7 Å². The summed E-state index contributed by atoms with van der Waals surface area (Å²) in [6.45, 7) is 4.96. The smallest absolute Gasteiger partial charge is 0.222 e. The van der Waals surface area contributed by atoms with Gasteiger partial charge in [-0.2, -0.15) is 0 Å². The SMILES string of the molecule is C=CCCC(=O)N1CCC[C@@H](C(=O)c2cccc3ccccc23)C1. The number of Topliss-reactive ketones (excluding diaryl/α,β-unsaturated/α-hetero) is 1. The summed E-state index contributed by atoms with van der Waals surface area (Å²) in [6, 6.07) is 13.8. The topological polar surface area (TPSA) is 37.4 Å². The first-order chi connectivity index (χ1) is 11.7. The highest BCUT2D eigenvalue weighted by molar-refractivity contribution is 6.09. The molecule has 3 rings (SSSR count). The van der Waals surface area contributed by atoms with E-state index in [9.17, 15) is 9.59 Å². The van der Waals surface area contributed by atoms with E-state index in [0.29, 0.717) is 19.4 Å². The molecule has 1 saturated heterocycles. The van der Waals surface area contributed by atoms with Gasteiger partial charge in [0, 0.05) is 31.0 Å². The molecule has 1 fully saturated rings. The number of ketones is 1. The van der Waals surface area contributed by atoms with Crippen LogP contribution < -0.4 is 0 Å². The van der Waals surface area contributed by atoms with Crippen LogP contribution in [0.25, 0.3) is 10.8 Å². The van der Waals surface area contributed by atoms with Gasteiger partial charge in [0.25, 0.3) is 0 Å². The van der Waals surface area contributed by atoms with Crippen LogP contribution in [0.3, 0.4) is 0 Å². The fourth-order valence-corrected chi connectivity index (χ4v) is 3.46. The van der Waals surface area contributed by atoms with E-state index in [0.717, 1.165) is 35.7 Å². The average Bonchev–Trinajstić information content (AvgIpc) is 2.65. The summed E-state index contributed by atoms with van der Waals surface area (Å²) in [5.41, 5.74) is 0.776. The molecular weight excluding hydrogens is 298 g/mol. The van der Waals surface area contributed by atoms with Crippen molar-refractivity contribution in [2.75, 3.05) is 13.1 Å². The summed E-state index contributed by atoms with van der Waals surface area (Å²) in [5.74, 6) is 0.190. The molecule has 3 heteroatoms. The Labute approximate surface area is 143 Å². The van der Waals surface area contributed by atoms with Crippen molar-refractivity contribution in [2.24, 2.45) is 5.92 Å². The fraction of sp³-hybridized carbons (Fsp3) is 0.333. The number of nitrogens with zero attached hydrogens (tertiary/aromatic N) is 1. The van der Waals surface area contributed by atoms with Crippen LogP contribution in [0, 0.1) is 5.92 Å². The minimum absolute atomic E-state index is 0.0998. The Balaban J connectivity index is 1.79. The van der Waals surface area contributed by atoms with Gasteiger partial charge in [-0.05, 0) is 30.0 Å². The summed E-state index contributed by atoms with van der Waals surface area (Å²) in [4.78, 5) is 27.1. The maximum Gasteiger partial charge on any atom is 0.222 e. The molecule has 1 amide bonds. The summed E-state index contributed by atoms with van der Waals surface area (Å²) < 4.78 is 0. The molecule has 0 radical (unpaired) electrons. The monoisotopic (exact) mass is 321 g/mol. The molecule has 0 saturated carbocycles.